The van der Waals surface area contributed by atoms with Gasteiger partial charge in [0.1, 0.15) is 6.04 Å². The number of benzene rings is 3. The largest absolute Gasteiger partial charge is 0.357 e. The molecule has 3 aromatic rings. The molecular formula is C28H32BrN3O4S. The van der Waals surface area contributed by atoms with Gasteiger partial charge < -0.3 is 10.2 Å². The zero-order chi connectivity index (χ0) is 26.8. The van der Waals surface area contributed by atoms with Gasteiger partial charge in [-0.1, -0.05) is 76.6 Å². The van der Waals surface area contributed by atoms with Gasteiger partial charge in [0.15, 0.2) is 0 Å². The third-order valence-electron chi connectivity index (χ3n) is 5.98. The van der Waals surface area contributed by atoms with E-state index in [1.165, 1.54) is 4.31 Å². The molecule has 2 amide bonds. The van der Waals surface area contributed by atoms with E-state index in [4.69, 9.17) is 0 Å². The summed E-state index contributed by atoms with van der Waals surface area (Å²) >= 11 is 3.43. The standard InChI is InChI=1S/C28H32BrN3O4S/c1-30-28(34)26(20-22-10-5-3-6-11-22)31(21-23-15-17-24(29)18-16-23)27(33)14-9-19-32(37(2,35)36)25-12-7-4-8-13-25/h3-8,10-13,15-18,26H,9,14,19-21H2,1-2H3,(H,30,34)/t26-/m0/s1. The Labute approximate surface area is 227 Å². The number of likely N-dealkylation sites (N-methyl/N-ethyl adjacent to an activating group) is 1. The Bertz CT molecular complexity index is 1270. The molecule has 0 unspecified atom stereocenters. The maximum atomic E-state index is 13.6. The molecule has 3 aromatic carbocycles. The number of amides is 2. The lowest BCUT2D eigenvalue weighted by Crippen LogP contribution is -2.49. The van der Waals surface area contributed by atoms with Crippen molar-refractivity contribution < 1.29 is 18.0 Å². The Hall–Kier alpha value is -3.17. The third kappa shape index (κ3) is 8.43. The van der Waals surface area contributed by atoms with Crippen LogP contribution in [0.1, 0.15) is 24.0 Å². The van der Waals surface area contributed by atoms with Crippen LogP contribution >= 0.6 is 15.9 Å². The predicted octanol–water partition coefficient (Wildman–Crippen LogP) is 4.38. The second-order valence-electron chi connectivity index (χ2n) is 8.74. The summed E-state index contributed by atoms with van der Waals surface area (Å²) in [6, 6.07) is 25.3. The minimum absolute atomic E-state index is 0.0949. The molecular weight excluding hydrogens is 554 g/mol. The predicted molar refractivity (Wildman–Crippen MR) is 151 cm³/mol. The zero-order valence-electron chi connectivity index (χ0n) is 21.0. The second-order valence-corrected chi connectivity index (χ2v) is 11.6. The Morgan fingerprint density at radius 3 is 2.05 bits per heavy atom. The van der Waals surface area contributed by atoms with Crippen molar-refractivity contribution in [3.8, 4) is 0 Å². The molecule has 0 saturated heterocycles. The molecule has 0 aliphatic rings. The average Bonchev–Trinajstić information content (AvgIpc) is 2.89. The van der Waals surface area contributed by atoms with Crippen LogP contribution in [-0.2, 0) is 32.6 Å². The minimum atomic E-state index is -3.52. The number of nitrogens with one attached hydrogen (secondary N) is 1. The van der Waals surface area contributed by atoms with Crippen LogP contribution in [-0.4, -0.2) is 51.0 Å². The van der Waals surface area contributed by atoms with Gasteiger partial charge in [-0.15, -0.1) is 0 Å². The van der Waals surface area contributed by atoms with Gasteiger partial charge in [0, 0.05) is 37.5 Å². The van der Waals surface area contributed by atoms with Gasteiger partial charge in [0.25, 0.3) is 0 Å². The van der Waals surface area contributed by atoms with Crippen molar-refractivity contribution in [2.45, 2.75) is 31.8 Å². The molecule has 3 rings (SSSR count). The first-order valence-electron chi connectivity index (χ1n) is 12.0. The molecule has 0 saturated carbocycles. The fourth-order valence-corrected chi connectivity index (χ4v) is 5.33. The normalized spacial score (nSPS) is 12.0. The topological polar surface area (TPSA) is 86.8 Å². The Morgan fingerprint density at radius 1 is 0.892 bits per heavy atom. The summed E-state index contributed by atoms with van der Waals surface area (Å²) in [6.07, 6.45) is 1.92. The van der Waals surface area contributed by atoms with Gasteiger partial charge in [-0.25, -0.2) is 8.42 Å². The maximum Gasteiger partial charge on any atom is 0.242 e. The number of hydrogen-bond acceptors (Lipinski definition) is 4. The molecule has 0 aliphatic heterocycles. The van der Waals surface area contributed by atoms with Crippen LogP contribution in [0, 0.1) is 0 Å². The molecule has 0 radical (unpaired) electrons. The number of rotatable bonds is 12. The van der Waals surface area contributed by atoms with Gasteiger partial charge in [0.05, 0.1) is 11.9 Å². The number of carbonyl (C=O) groups is 2. The second kappa shape index (κ2) is 13.4. The summed E-state index contributed by atoms with van der Waals surface area (Å²) in [7, 11) is -1.96. The Kier molecular flexibility index (Phi) is 10.3. The van der Waals surface area contributed by atoms with Crippen LogP contribution in [0.25, 0.3) is 0 Å². The molecule has 9 heteroatoms. The smallest absolute Gasteiger partial charge is 0.242 e. The van der Waals surface area contributed by atoms with E-state index in [2.05, 4.69) is 21.2 Å². The average molecular weight is 587 g/mol. The van der Waals surface area contributed by atoms with Gasteiger partial charge >= 0.3 is 0 Å². The monoisotopic (exact) mass is 585 g/mol. The Morgan fingerprint density at radius 2 is 1.49 bits per heavy atom. The fraction of sp³-hybridized carbons (Fsp3) is 0.286. The van der Waals surface area contributed by atoms with E-state index in [1.807, 2.05) is 60.7 Å². The van der Waals surface area contributed by atoms with Crippen LogP contribution in [0.3, 0.4) is 0 Å². The first kappa shape index (κ1) is 28.4. The highest BCUT2D eigenvalue weighted by atomic mass is 79.9. The van der Waals surface area contributed by atoms with E-state index < -0.39 is 16.1 Å². The maximum absolute atomic E-state index is 13.6. The van der Waals surface area contributed by atoms with Crippen molar-refractivity contribution >= 4 is 43.5 Å². The number of para-hydroxylation sites is 1. The van der Waals surface area contributed by atoms with Crippen LogP contribution in [0.15, 0.2) is 89.4 Å². The number of sulfonamides is 1. The molecule has 0 heterocycles. The molecule has 196 valence electrons. The summed E-state index contributed by atoms with van der Waals surface area (Å²) in [6.45, 7) is 0.412. The number of anilines is 1. The van der Waals surface area contributed by atoms with Crippen molar-refractivity contribution in [2.24, 2.45) is 0 Å². The van der Waals surface area contributed by atoms with Crippen molar-refractivity contribution in [3.63, 3.8) is 0 Å². The summed E-state index contributed by atoms with van der Waals surface area (Å²) in [5.74, 6) is -0.467. The lowest BCUT2D eigenvalue weighted by molar-refractivity contribution is -0.141. The lowest BCUT2D eigenvalue weighted by Gasteiger charge is -2.31. The van der Waals surface area contributed by atoms with Crippen LogP contribution in [0.5, 0.6) is 0 Å². The van der Waals surface area contributed by atoms with Crippen LogP contribution in [0.4, 0.5) is 5.69 Å². The molecule has 7 nitrogen and oxygen atoms in total. The number of hydrogen-bond donors (Lipinski definition) is 1. The quantitative estimate of drug-likeness (QED) is 0.342. The first-order chi connectivity index (χ1) is 17.7. The van der Waals surface area contributed by atoms with Gasteiger partial charge in [-0.2, -0.15) is 0 Å². The summed E-state index contributed by atoms with van der Waals surface area (Å²) in [4.78, 5) is 28.2. The molecule has 0 aromatic heterocycles. The van der Waals surface area contributed by atoms with Crippen LogP contribution in [0.2, 0.25) is 0 Å². The van der Waals surface area contributed by atoms with Crippen LogP contribution < -0.4 is 9.62 Å². The summed E-state index contributed by atoms with van der Waals surface area (Å²) in [5, 5.41) is 2.70. The fourth-order valence-electron chi connectivity index (χ4n) is 4.11. The molecule has 0 bridgehead atoms. The Balaban J connectivity index is 1.83. The van der Waals surface area contributed by atoms with Crippen molar-refractivity contribution in [3.05, 3.63) is 101 Å². The van der Waals surface area contributed by atoms with E-state index in [9.17, 15) is 18.0 Å². The zero-order valence-corrected chi connectivity index (χ0v) is 23.4. The lowest BCUT2D eigenvalue weighted by atomic mass is 10.0. The van der Waals surface area contributed by atoms with Crippen molar-refractivity contribution in [1.29, 1.82) is 0 Å². The van der Waals surface area contributed by atoms with Gasteiger partial charge in [-0.05, 0) is 41.8 Å². The van der Waals surface area contributed by atoms with Crippen molar-refractivity contribution in [1.82, 2.24) is 10.2 Å². The molecule has 0 aliphatic carbocycles. The van der Waals surface area contributed by atoms with Crippen molar-refractivity contribution in [2.75, 3.05) is 24.2 Å². The number of carbonyl (C=O) groups excluding carboxylic acids is 2. The summed E-state index contributed by atoms with van der Waals surface area (Å²) < 4.78 is 27.1. The molecule has 0 fully saturated rings. The number of nitrogens with zero attached hydrogens (tertiary/aromatic N) is 2. The molecule has 1 atom stereocenters. The van der Waals surface area contributed by atoms with Gasteiger partial charge in [-0.3, -0.25) is 13.9 Å². The number of halogens is 1. The molecule has 1 N–H and O–H groups in total. The highest BCUT2D eigenvalue weighted by molar-refractivity contribution is 9.10. The highest BCUT2D eigenvalue weighted by Gasteiger charge is 2.30. The molecule has 0 spiro atoms. The minimum Gasteiger partial charge on any atom is -0.357 e. The molecule has 37 heavy (non-hydrogen) atoms. The van der Waals surface area contributed by atoms with Gasteiger partial charge in [0.2, 0.25) is 21.8 Å². The van der Waals surface area contributed by atoms with E-state index >= 15 is 0 Å². The van der Waals surface area contributed by atoms with E-state index in [-0.39, 0.29) is 31.3 Å². The summed E-state index contributed by atoms with van der Waals surface area (Å²) in [5.41, 5.74) is 2.38. The first-order valence-corrected chi connectivity index (χ1v) is 14.7. The van der Waals surface area contributed by atoms with E-state index in [0.29, 0.717) is 18.5 Å². The SMILES string of the molecule is CNC(=O)[C@H](Cc1ccccc1)N(Cc1ccc(Br)cc1)C(=O)CCCN(c1ccccc1)S(C)(=O)=O. The van der Waals surface area contributed by atoms with E-state index in [1.54, 1.807) is 36.2 Å². The third-order valence-corrected chi connectivity index (χ3v) is 7.70. The van der Waals surface area contributed by atoms with E-state index in [0.717, 1.165) is 21.9 Å². The highest BCUT2D eigenvalue weighted by Crippen LogP contribution is 2.20.